The maximum absolute atomic E-state index is 12.5. The number of ether oxygens (including phenoxy) is 1. The van der Waals surface area contributed by atoms with Crippen molar-refractivity contribution in [3.63, 3.8) is 0 Å². The lowest BCUT2D eigenvalue weighted by Gasteiger charge is -2.48. The Labute approximate surface area is 164 Å². The molecule has 2 aliphatic rings. The Kier molecular flexibility index (Phi) is 5.39. The van der Waals surface area contributed by atoms with Crippen LogP contribution in [-0.2, 0) is 4.74 Å². The van der Waals surface area contributed by atoms with Crippen LogP contribution >= 0.6 is 0 Å². The molecule has 0 radical (unpaired) electrons. The number of likely N-dealkylation sites (tertiary alicyclic amines) is 1. The van der Waals surface area contributed by atoms with E-state index in [1.807, 2.05) is 6.07 Å². The number of nitro groups is 1. The Bertz CT molecular complexity index is 831. The highest BCUT2D eigenvalue weighted by molar-refractivity contribution is 5.89. The lowest BCUT2D eigenvalue weighted by Crippen LogP contribution is -2.56. The molecule has 146 valence electrons. The van der Waals surface area contributed by atoms with Crippen LogP contribution in [0.15, 0.2) is 54.6 Å². The van der Waals surface area contributed by atoms with E-state index in [4.69, 9.17) is 4.74 Å². The molecular formula is C22H24N2O4. The summed E-state index contributed by atoms with van der Waals surface area (Å²) in [6.45, 7) is 2.00. The summed E-state index contributed by atoms with van der Waals surface area (Å²) in [4.78, 5) is 25.3. The lowest BCUT2D eigenvalue weighted by molar-refractivity contribution is -0.384. The molecule has 6 heteroatoms. The zero-order valence-electron chi connectivity index (χ0n) is 15.7. The first kappa shape index (κ1) is 18.6. The van der Waals surface area contributed by atoms with E-state index in [9.17, 15) is 14.9 Å². The quantitative estimate of drug-likeness (QED) is 0.442. The number of carbonyl (C=O) groups excluding carboxylic acids is 1. The van der Waals surface area contributed by atoms with E-state index in [0.717, 1.165) is 38.8 Å². The molecular weight excluding hydrogens is 356 g/mol. The first-order chi connectivity index (χ1) is 13.6. The summed E-state index contributed by atoms with van der Waals surface area (Å²) in [5, 5.41) is 10.8. The number of carbonyl (C=O) groups is 1. The zero-order valence-corrected chi connectivity index (χ0v) is 15.7. The zero-order chi connectivity index (χ0) is 19.5. The van der Waals surface area contributed by atoms with Gasteiger partial charge in [-0.15, -0.1) is 0 Å². The van der Waals surface area contributed by atoms with Crippen molar-refractivity contribution in [2.24, 2.45) is 0 Å². The van der Waals surface area contributed by atoms with Crippen molar-refractivity contribution in [2.75, 3.05) is 13.1 Å². The van der Waals surface area contributed by atoms with Crippen LogP contribution in [0.4, 0.5) is 5.69 Å². The first-order valence-electron chi connectivity index (χ1n) is 9.86. The summed E-state index contributed by atoms with van der Waals surface area (Å²) in [7, 11) is 0. The molecule has 6 nitrogen and oxygen atoms in total. The maximum Gasteiger partial charge on any atom is 0.338 e. The van der Waals surface area contributed by atoms with Gasteiger partial charge in [0.25, 0.3) is 5.69 Å². The van der Waals surface area contributed by atoms with E-state index in [2.05, 4.69) is 29.2 Å². The van der Waals surface area contributed by atoms with Crippen LogP contribution in [0.2, 0.25) is 0 Å². The standard InChI is InChI=1S/C22H24N2O4/c25-22(17-10-12-19(13-11-17)24(26)27)28-21-9-5-4-8-20(21)23-14-18(15-23)16-6-2-1-3-7-16/h1-3,6-7,10-13,18,20-21H,4-5,8-9,14-15H2/t20-,21+/m0/s1. The molecule has 1 saturated carbocycles. The number of nitro benzene ring substituents is 1. The smallest absolute Gasteiger partial charge is 0.338 e. The van der Waals surface area contributed by atoms with Gasteiger partial charge in [0.2, 0.25) is 0 Å². The Balaban J connectivity index is 1.37. The average Bonchev–Trinajstić information content (AvgIpc) is 2.69. The maximum atomic E-state index is 12.5. The molecule has 1 heterocycles. The van der Waals surface area contributed by atoms with Crippen molar-refractivity contribution >= 4 is 11.7 Å². The molecule has 1 aliphatic heterocycles. The van der Waals surface area contributed by atoms with E-state index in [1.54, 1.807) is 0 Å². The minimum Gasteiger partial charge on any atom is -0.457 e. The Morgan fingerprint density at radius 1 is 1.00 bits per heavy atom. The molecule has 2 aromatic carbocycles. The molecule has 0 spiro atoms. The third-order valence-electron chi connectivity index (χ3n) is 5.89. The number of nitrogens with zero attached hydrogens (tertiary/aromatic N) is 2. The SMILES string of the molecule is O=C(O[C@@H]1CCCC[C@@H]1N1CC(c2ccccc2)C1)c1ccc([N+](=O)[O-])cc1. The Morgan fingerprint density at radius 2 is 1.68 bits per heavy atom. The third-order valence-corrected chi connectivity index (χ3v) is 5.89. The minimum absolute atomic E-state index is 0.0281. The van der Waals surface area contributed by atoms with E-state index < -0.39 is 10.9 Å². The van der Waals surface area contributed by atoms with Gasteiger partial charge in [0.15, 0.2) is 0 Å². The highest BCUT2D eigenvalue weighted by Gasteiger charge is 2.39. The fraction of sp³-hybridized carbons (Fsp3) is 0.409. The van der Waals surface area contributed by atoms with Crippen molar-refractivity contribution in [3.05, 3.63) is 75.8 Å². The topological polar surface area (TPSA) is 72.7 Å². The summed E-state index contributed by atoms with van der Waals surface area (Å²) in [6, 6.07) is 16.4. The van der Waals surface area contributed by atoms with Crippen LogP contribution in [0.1, 0.15) is 47.5 Å². The third kappa shape index (κ3) is 3.92. The van der Waals surface area contributed by atoms with Crippen molar-refractivity contribution in [2.45, 2.75) is 43.7 Å². The summed E-state index contributed by atoms with van der Waals surface area (Å²) >= 11 is 0. The molecule has 1 aliphatic carbocycles. The van der Waals surface area contributed by atoms with Gasteiger partial charge >= 0.3 is 5.97 Å². The van der Waals surface area contributed by atoms with Gasteiger partial charge in [-0.1, -0.05) is 36.8 Å². The largest absolute Gasteiger partial charge is 0.457 e. The second kappa shape index (κ2) is 8.10. The first-order valence-corrected chi connectivity index (χ1v) is 9.86. The molecule has 0 unspecified atom stereocenters. The number of esters is 1. The second-order valence-electron chi connectivity index (χ2n) is 7.66. The molecule has 2 aromatic rings. The van der Waals surface area contributed by atoms with Gasteiger partial charge in [0.1, 0.15) is 6.10 Å². The number of hydrogen-bond donors (Lipinski definition) is 0. The molecule has 2 atom stereocenters. The van der Waals surface area contributed by atoms with E-state index >= 15 is 0 Å². The Morgan fingerprint density at radius 3 is 2.36 bits per heavy atom. The lowest BCUT2D eigenvalue weighted by atomic mass is 9.84. The van der Waals surface area contributed by atoms with Crippen LogP contribution in [0.25, 0.3) is 0 Å². The fourth-order valence-electron chi connectivity index (χ4n) is 4.28. The van der Waals surface area contributed by atoms with Crippen LogP contribution in [0.5, 0.6) is 0 Å². The molecule has 0 amide bonds. The number of hydrogen-bond acceptors (Lipinski definition) is 5. The number of benzene rings is 2. The van der Waals surface area contributed by atoms with Gasteiger partial charge < -0.3 is 4.74 Å². The molecule has 4 rings (SSSR count). The predicted octanol–water partition coefficient (Wildman–Crippen LogP) is 4.16. The van der Waals surface area contributed by atoms with Crippen LogP contribution in [0, 0.1) is 10.1 Å². The minimum atomic E-state index is -0.473. The van der Waals surface area contributed by atoms with Crippen LogP contribution in [0.3, 0.4) is 0 Å². The van der Waals surface area contributed by atoms with Crippen molar-refractivity contribution < 1.29 is 14.5 Å². The number of non-ortho nitro benzene ring substituents is 1. The fourth-order valence-corrected chi connectivity index (χ4v) is 4.28. The van der Waals surface area contributed by atoms with Crippen molar-refractivity contribution in [1.29, 1.82) is 0 Å². The van der Waals surface area contributed by atoms with E-state index in [1.165, 1.54) is 29.8 Å². The van der Waals surface area contributed by atoms with Gasteiger partial charge in [-0.2, -0.15) is 0 Å². The molecule has 0 bridgehead atoms. The highest BCUT2D eigenvalue weighted by atomic mass is 16.6. The van der Waals surface area contributed by atoms with Gasteiger partial charge in [-0.05, 0) is 37.0 Å². The molecule has 1 saturated heterocycles. The summed E-state index contributed by atoms with van der Waals surface area (Å²) in [5.41, 5.74) is 1.70. The average molecular weight is 380 g/mol. The summed E-state index contributed by atoms with van der Waals surface area (Å²) < 4.78 is 5.84. The van der Waals surface area contributed by atoms with Crippen molar-refractivity contribution in [1.82, 2.24) is 4.90 Å². The molecule has 0 N–H and O–H groups in total. The Hall–Kier alpha value is -2.73. The summed E-state index contributed by atoms with van der Waals surface area (Å²) in [6.07, 6.45) is 4.01. The van der Waals surface area contributed by atoms with Crippen LogP contribution < -0.4 is 0 Å². The van der Waals surface area contributed by atoms with Crippen LogP contribution in [-0.4, -0.2) is 41.0 Å². The molecule has 2 fully saturated rings. The van der Waals surface area contributed by atoms with Gasteiger partial charge in [-0.3, -0.25) is 15.0 Å². The van der Waals surface area contributed by atoms with Gasteiger partial charge in [-0.25, -0.2) is 4.79 Å². The number of rotatable bonds is 5. The van der Waals surface area contributed by atoms with Gasteiger partial charge in [0, 0.05) is 37.2 Å². The van der Waals surface area contributed by atoms with E-state index in [-0.39, 0.29) is 17.8 Å². The monoisotopic (exact) mass is 380 g/mol. The normalized spacial score (nSPS) is 23.0. The second-order valence-corrected chi connectivity index (χ2v) is 7.66. The van der Waals surface area contributed by atoms with Crippen molar-refractivity contribution in [3.8, 4) is 0 Å². The predicted molar refractivity (Wildman–Crippen MR) is 105 cm³/mol. The van der Waals surface area contributed by atoms with Gasteiger partial charge in [0.05, 0.1) is 10.5 Å². The van der Waals surface area contributed by atoms with E-state index in [0.29, 0.717) is 11.5 Å². The summed E-state index contributed by atoms with van der Waals surface area (Å²) in [5.74, 6) is 0.154. The highest BCUT2D eigenvalue weighted by Crippen LogP contribution is 2.35. The molecule has 28 heavy (non-hydrogen) atoms. The molecule has 0 aromatic heterocycles.